The molecule has 0 saturated carbocycles. The molecule has 2 saturated heterocycles. The van der Waals surface area contributed by atoms with Gasteiger partial charge in [-0.1, -0.05) is 30.3 Å². The minimum absolute atomic E-state index is 0.00537. The van der Waals surface area contributed by atoms with E-state index in [0.29, 0.717) is 31.6 Å². The van der Waals surface area contributed by atoms with Gasteiger partial charge < -0.3 is 9.47 Å². The number of Topliss-reactive ketones (excluding diaryl/α,β-unsaturated/α-hetero) is 1. The van der Waals surface area contributed by atoms with Crippen molar-refractivity contribution in [2.45, 2.75) is 31.5 Å². The Morgan fingerprint density at radius 3 is 2.29 bits per heavy atom. The molecule has 0 aromatic heterocycles. The molecule has 2 heterocycles. The van der Waals surface area contributed by atoms with Gasteiger partial charge in [0.05, 0.1) is 25.3 Å². The number of nitrogens with zero attached hydrogens (tertiary/aromatic N) is 1. The second-order valence-electron chi connectivity index (χ2n) is 7.33. The number of ketones is 1. The number of halogens is 1. The van der Waals surface area contributed by atoms with E-state index < -0.39 is 0 Å². The average molecular weight is 383 g/mol. The number of rotatable bonds is 4. The van der Waals surface area contributed by atoms with Crippen LogP contribution in [-0.4, -0.2) is 42.1 Å². The number of hydrogen-bond acceptors (Lipinski definition) is 4. The maximum absolute atomic E-state index is 13.1. The van der Waals surface area contributed by atoms with Gasteiger partial charge in [0.1, 0.15) is 12.4 Å². The van der Waals surface area contributed by atoms with Crippen LogP contribution in [0.2, 0.25) is 0 Å². The lowest BCUT2D eigenvalue weighted by molar-refractivity contribution is -0.0755. The Balaban J connectivity index is 1.42. The lowest BCUT2D eigenvalue weighted by Crippen LogP contribution is -2.59. The predicted octanol–water partition coefficient (Wildman–Crippen LogP) is 3.82. The molecule has 0 radical (unpaired) electrons. The zero-order valence-electron chi connectivity index (χ0n) is 15.4. The summed E-state index contributed by atoms with van der Waals surface area (Å²) < 4.78 is 24.3. The summed E-state index contributed by atoms with van der Waals surface area (Å²) in [7, 11) is 0. The minimum atomic E-state index is -0.366. The molecule has 0 spiro atoms. The molecule has 2 unspecified atom stereocenters. The van der Waals surface area contributed by atoms with Crippen LogP contribution in [0.1, 0.15) is 28.8 Å². The first-order chi connectivity index (χ1) is 13.6. The number of fused-ring (bicyclic) bond motifs is 2. The molecular weight excluding hydrogens is 361 g/mol. The van der Waals surface area contributed by atoms with E-state index in [0.717, 1.165) is 5.56 Å². The summed E-state index contributed by atoms with van der Waals surface area (Å²) >= 11 is 0. The van der Waals surface area contributed by atoms with Crippen LogP contribution in [0.25, 0.3) is 0 Å². The highest BCUT2D eigenvalue weighted by molar-refractivity contribution is 5.98. The highest BCUT2D eigenvalue weighted by atomic mass is 19.1. The summed E-state index contributed by atoms with van der Waals surface area (Å²) in [5.41, 5.74) is 1.43. The predicted molar refractivity (Wildman–Crippen MR) is 100 cm³/mol. The first-order valence-corrected chi connectivity index (χ1v) is 9.48. The number of ether oxygens (including phenoxy) is 2. The second-order valence-corrected chi connectivity index (χ2v) is 7.33. The van der Waals surface area contributed by atoms with Crippen LogP contribution in [0.4, 0.5) is 9.18 Å². The third kappa shape index (κ3) is 3.92. The molecule has 2 fully saturated rings. The number of morpholine rings is 1. The Morgan fingerprint density at radius 2 is 1.64 bits per heavy atom. The fraction of sp³-hybridized carbons (Fsp3) is 0.364. The van der Waals surface area contributed by atoms with Crippen molar-refractivity contribution < 1.29 is 23.5 Å². The Bertz CT molecular complexity index is 825. The third-order valence-electron chi connectivity index (χ3n) is 5.44. The SMILES string of the molecule is O=C(c1ccc(F)cc1)C1CC2COCC(C1)N2C(=O)OCc1ccccc1. The van der Waals surface area contributed by atoms with Crippen molar-refractivity contribution in [3.63, 3.8) is 0 Å². The number of carbonyl (C=O) groups excluding carboxylic acids is 2. The molecule has 28 heavy (non-hydrogen) atoms. The largest absolute Gasteiger partial charge is 0.445 e. The molecule has 1 amide bonds. The smallest absolute Gasteiger partial charge is 0.410 e. The number of carbonyl (C=O) groups is 2. The number of piperidine rings is 1. The molecule has 2 aromatic carbocycles. The van der Waals surface area contributed by atoms with Gasteiger partial charge in [-0.2, -0.15) is 0 Å². The van der Waals surface area contributed by atoms with Crippen LogP contribution >= 0.6 is 0 Å². The third-order valence-corrected chi connectivity index (χ3v) is 5.44. The normalized spacial score (nSPS) is 23.9. The van der Waals surface area contributed by atoms with Crippen LogP contribution in [0, 0.1) is 11.7 Å². The van der Waals surface area contributed by atoms with Gasteiger partial charge in [0.25, 0.3) is 0 Å². The topological polar surface area (TPSA) is 55.8 Å². The molecule has 2 aliphatic rings. The van der Waals surface area contributed by atoms with Gasteiger partial charge in [-0.05, 0) is 42.7 Å². The van der Waals surface area contributed by atoms with Gasteiger partial charge in [0.15, 0.2) is 5.78 Å². The lowest BCUT2D eigenvalue weighted by atomic mass is 9.81. The van der Waals surface area contributed by atoms with E-state index >= 15 is 0 Å². The van der Waals surface area contributed by atoms with E-state index in [2.05, 4.69) is 0 Å². The van der Waals surface area contributed by atoms with E-state index in [1.54, 1.807) is 4.90 Å². The molecule has 146 valence electrons. The van der Waals surface area contributed by atoms with E-state index in [1.165, 1.54) is 24.3 Å². The van der Waals surface area contributed by atoms with Crippen molar-refractivity contribution in [1.29, 1.82) is 0 Å². The average Bonchev–Trinajstić information content (AvgIpc) is 2.72. The van der Waals surface area contributed by atoms with E-state index in [1.807, 2.05) is 30.3 Å². The maximum atomic E-state index is 13.1. The van der Waals surface area contributed by atoms with Crippen LogP contribution < -0.4 is 0 Å². The van der Waals surface area contributed by atoms with Crippen molar-refractivity contribution in [1.82, 2.24) is 4.90 Å². The molecule has 2 atom stereocenters. The van der Waals surface area contributed by atoms with Crippen LogP contribution in [0.15, 0.2) is 54.6 Å². The summed E-state index contributed by atoms with van der Waals surface area (Å²) in [5, 5.41) is 0. The highest BCUT2D eigenvalue weighted by Crippen LogP contribution is 2.34. The standard InChI is InChI=1S/C22H22FNO4/c23-18-8-6-16(7-9-18)21(25)17-10-19-13-27-14-20(11-17)24(19)22(26)28-12-15-4-2-1-3-5-15/h1-9,17,19-20H,10-14H2. The first kappa shape index (κ1) is 18.6. The summed E-state index contributed by atoms with van der Waals surface area (Å²) in [4.78, 5) is 27.3. The van der Waals surface area contributed by atoms with Crippen molar-refractivity contribution in [2.24, 2.45) is 5.92 Å². The molecule has 2 aliphatic heterocycles. The summed E-state index contributed by atoms with van der Waals surface area (Å²) in [5.74, 6) is -0.575. The van der Waals surface area contributed by atoms with Crippen molar-refractivity contribution in [2.75, 3.05) is 13.2 Å². The van der Waals surface area contributed by atoms with Crippen molar-refractivity contribution in [3.05, 3.63) is 71.5 Å². The van der Waals surface area contributed by atoms with E-state index in [-0.39, 0.29) is 42.3 Å². The van der Waals surface area contributed by atoms with Gasteiger partial charge in [-0.15, -0.1) is 0 Å². The zero-order chi connectivity index (χ0) is 19.5. The molecule has 0 aliphatic carbocycles. The number of benzene rings is 2. The van der Waals surface area contributed by atoms with Crippen molar-refractivity contribution >= 4 is 11.9 Å². The van der Waals surface area contributed by atoms with E-state index in [9.17, 15) is 14.0 Å². The van der Waals surface area contributed by atoms with E-state index in [4.69, 9.17) is 9.47 Å². The monoisotopic (exact) mass is 383 g/mol. The lowest BCUT2D eigenvalue weighted by Gasteiger charge is -2.47. The van der Waals surface area contributed by atoms with Crippen LogP contribution in [0.5, 0.6) is 0 Å². The van der Waals surface area contributed by atoms with Gasteiger partial charge in [-0.25, -0.2) is 9.18 Å². The molecule has 6 heteroatoms. The van der Waals surface area contributed by atoms with Gasteiger partial charge >= 0.3 is 6.09 Å². The maximum Gasteiger partial charge on any atom is 0.410 e. The Labute approximate surface area is 163 Å². The van der Waals surface area contributed by atoms with Gasteiger partial charge in [-0.3, -0.25) is 9.69 Å². The van der Waals surface area contributed by atoms with Crippen LogP contribution in [-0.2, 0) is 16.1 Å². The molecule has 2 bridgehead atoms. The Kier molecular flexibility index (Phi) is 5.39. The number of amides is 1. The molecule has 0 N–H and O–H groups in total. The highest BCUT2D eigenvalue weighted by Gasteiger charge is 2.44. The molecule has 4 rings (SSSR count). The Hall–Kier alpha value is -2.73. The molecule has 5 nitrogen and oxygen atoms in total. The quantitative estimate of drug-likeness (QED) is 0.753. The summed E-state index contributed by atoms with van der Waals surface area (Å²) in [6.07, 6.45) is 0.676. The fourth-order valence-corrected chi connectivity index (χ4v) is 4.07. The number of hydrogen-bond donors (Lipinski definition) is 0. The fourth-order valence-electron chi connectivity index (χ4n) is 4.07. The Morgan fingerprint density at radius 1 is 1.00 bits per heavy atom. The van der Waals surface area contributed by atoms with Gasteiger partial charge in [0, 0.05) is 11.5 Å². The van der Waals surface area contributed by atoms with Gasteiger partial charge in [0.2, 0.25) is 0 Å². The first-order valence-electron chi connectivity index (χ1n) is 9.48. The summed E-state index contributed by atoms with van der Waals surface area (Å²) in [6.45, 7) is 1.00. The summed E-state index contributed by atoms with van der Waals surface area (Å²) in [6, 6.07) is 14.8. The van der Waals surface area contributed by atoms with Crippen molar-refractivity contribution in [3.8, 4) is 0 Å². The molecule has 2 aromatic rings. The second kappa shape index (κ2) is 8.10. The minimum Gasteiger partial charge on any atom is -0.445 e. The molecular formula is C22H22FNO4. The zero-order valence-corrected chi connectivity index (χ0v) is 15.4. The van der Waals surface area contributed by atoms with Crippen LogP contribution in [0.3, 0.4) is 0 Å².